The lowest BCUT2D eigenvalue weighted by atomic mass is 9.85. The summed E-state index contributed by atoms with van der Waals surface area (Å²) in [6, 6.07) is 8.10. The van der Waals surface area contributed by atoms with Crippen molar-refractivity contribution in [1.82, 2.24) is 19.5 Å². The van der Waals surface area contributed by atoms with Crippen molar-refractivity contribution in [3.63, 3.8) is 0 Å². The SMILES string of the molecule is Cn1c(C2CCC2)nc2ccc(-c3ncccn3)cc21. The lowest BCUT2D eigenvalue weighted by molar-refractivity contribution is 0.395. The van der Waals surface area contributed by atoms with Gasteiger partial charge in [0.1, 0.15) is 5.82 Å². The summed E-state index contributed by atoms with van der Waals surface area (Å²) in [4.78, 5) is 13.4. The van der Waals surface area contributed by atoms with E-state index < -0.39 is 0 Å². The molecule has 0 spiro atoms. The van der Waals surface area contributed by atoms with Crippen molar-refractivity contribution >= 4 is 11.0 Å². The lowest BCUT2D eigenvalue weighted by Gasteiger charge is -2.24. The minimum Gasteiger partial charge on any atom is -0.331 e. The van der Waals surface area contributed by atoms with E-state index >= 15 is 0 Å². The van der Waals surface area contributed by atoms with Crippen LogP contribution < -0.4 is 0 Å². The van der Waals surface area contributed by atoms with E-state index in [0.29, 0.717) is 5.92 Å². The molecule has 1 fully saturated rings. The maximum absolute atomic E-state index is 4.79. The number of nitrogens with zero attached hydrogens (tertiary/aromatic N) is 4. The number of hydrogen-bond acceptors (Lipinski definition) is 3. The van der Waals surface area contributed by atoms with Crippen LogP contribution in [0.25, 0.3) is 22.4 Å². The first-order chi connectivity index (χ1) is 9.83. The van der Waals surface area contributed by atoms with Gasteiger partial charge < -0.3 is 4.57 Å². The summed E-state index contributed by atoms with van der Waals surface area (Å²) < 4.78 is 2.23. The van der Waals surface area contributed by atoms with Crippen LogP contribution in [0.15, 0.2) is 36.7 Å². The first kappa shape index (κ1) is 11.6. The predicted molar refractivity (Wildman–Crippen MR) is 78.3 cm³/mol. The predicted octanol–water partition coefficient (Wildman–Crippen LogP) is 3.30. The van der Waals surface area contributed by atoms with Crippen LogP contribution in [0.3, 0.4) is 0 Å². The van der Waals surface area contributed by atoms with E-state index in [4.69, 9.17) is 4.98 Å². The van der Waals surface area contributed by atoms with Crippen molar-refractivity contribution in [3.8, 4) is 11.4 Å². The van der Waals surface area contributed by atoms with E-state index in [1.165, 1.54) is 25.1 Å². The highest BCUT2D eigenvalue weighted by Gasteiger charge is 2.24. The van der Waals surface area contributed by atoms with E-state index in [1.54, 1.807) is 12.4 Å². The molecule has 2 aromatic heterocycles. The van der Waals surface area contributed by atoms with Gasteiger partial charge in [0.05, 0.1) is 11.0 Å². The zero-order valence-electron chi connectivity index (χ0n) is 11.5. The van der Waals surface area contributed by atoms with Gasteiger partial charge >= 0.3 is 0 Å². The second-order valence-electron chi connectivity index (χ2n) is 5.43. The summed E-state index contributed by atoms with van der Waals surface area (Å²) in [5, 5.41) is 0. The Morgan fingerprint density at radius 3 is 2.65 bits per heavy atom. The van der Waals surface area contributed by atoms with Gasteiger partial charge in [0.2, 0.25) is 0 Å². The minimum absolute atomic E-state index is 0.642. The molecule has 1 saturated carbocycles. The molecule has 3 aromatic rings. The highest BCUT2D eigenvalue weighted by molar-refractivity contribution is 5.81. The van der Waals surface area contributed by atoms with Crippen LogP contribution in [0.1, 0.15) is 31.0 Å². The number of hydrogen-bond donors (Lipinski definition) is 0. The summed E-state index contributed by atoms with van der Waals surface area (Å²) in [5.74, 6) is 2.63. The Morgan fingerprint density at radius 1 is 1.15 bits per heavy atom. The first-order valence-electron chi connectivity index (χ1n) is 7.07. The van der Waals surface area contributed by atoms with Crippen LogP contribution in [-0.4, -0.2) is 19.5 Å². The Kier molecular flexibility index (Phi) is 2.55. The molecule has 0 atom stereocenters. The van der Waals surface area contributed by atoms with Crippen LogP contribution >= 0.6 is 0 Å². The Bertz CT molecular complexity index is 757. The highest BCUT2D eigenvalue weighted by atomic mass is 15.1. The van der Waals surface area contributed by atoms with Gasteiger partial charge in [0, 0.05) is 30.9 Å². The van der Waals surface area contributed by atoms with Gasteiger partial charge in [-0.2, -0.15) is 0 Å². The zero-order chi connectivity index (χ0) is 13.5. The molecule has 1 aliphatic rings. The van der Waals surface area contributed by atoms with Crippen molar-refractivity contribution in [2.24, 2.45) is 7.05 Å². The third kappa shape index (κ3) is 1.72. The van der Waals surface area contributed by atoms with Crippen LogP contribution in [0, 0.1) is 0 Å². The monoisotopic (exact) mass is 264 g/mol. The standard InChI is InChI=1S/C16H16N4/c1-20-14-10-12(15-17-8-3-9-18-15)6-7-13(14)19-16(20)11-4-2-5-11/h3,6-11H,2,4-5H2,1H3. The number of imidazole rings is 1. The van der Waals surface area contributed by atoms with E-state index in [9.17, 15) is 0 Å². The van der Waals surface area contributed by atoms with Crippen LogP contribution in [-0.2, 0) is 7.05 Å². The average molecular weight is 264 g/mol. The smallest absolute Gasteiger partial charge is 0.159 e. The minimum atomic E-state index is 0.642. The van der Waals surface area contributed by atoms with Crippen LogP contribution in [0.2, 0.25) is 0 Å². The molecule has 0 radical (unpaired) electrons. The number of benzene rings is 1. The summed E-state index contributed by atoms with van der Waals surface area (Å²) >= 11 is 0. The van der Waals surface area contributed by atoms with Gasteiger partial charge in [-0.3, -0.25) is 0 Å². The Balaban J connectivity index is 1.84. The molecule has 4 nitrogen and oxygen atoms in total. The van der Waals surface area contributed by atoms with Gasteiger partial charge in [0.15, 0.2) is 5.82 Å². The maximum atomic E-state index is 4.79. The number of rotatable bonds is 2. The molecule has 100 valence electrons. The van der Waals surface area contributed by atoms with Gasteiger partial charge in [0.25, 0.3) is 0 Å². The maximum Gasteiger partial charge on any atom is 0.159 e. The van der Waals surface area contributed by atoms with E-state index in [1.807, 2.05) is 6.07 Å². The zero-order valence-corrected chi connectivity index (χ0v) is 11.5. The molecule has 1 aliphatic carbocycles. The number of fused-ring (bicyclic) bond motifs is 1. The molecule has 0 amide bonds. The number of aromatic nitrogens is 4. The Hall–Kier alpha value is -2.23. The van der Waals surface area contributed by atoms with Crippen molar-refractivity contribution in [2.45, 2.75) is 25.2 Å². The van der Waals surface area contributed by atoms with Crippen molar-refractivity contribution in [3.05, 3.63) is 42.5 Å². The quantitative estimate of drug-likeness (QED) is 0.713. The molecular formula is C16H16N4. The first-order valence-corrected chi connectivity index (χ1v) is 7.07. The fourth-order valence-electron chi connectivity index (χ4n) is 2.83. The van der Waals surface area contributed by atoms with E-state index in [0.717, 1.165) is 22.4 Å². The fourth-order valence-corrected chi connectivity index (χ4v) is 2.83. The summed E-state index contributed by atoms with van der Waals surface area (Å²) in [6.07, 6.45) is 7.42. The summed E-state index contributed by atoms with van der Waals surface area (Å²) in [7, 11) is 2.11. The molecule has 20 heavy (non-hydrogen) atoms. The second-order valence-corrected chi connectivity index (χ2v) is 5.43. The molecule has 0 unspecified atom stereocenters. The Labute approximate surface area is 117 Å². The molecule has 1 aromatic carbocycles. The van der Waals surface area contributed by atoms with Gasteiger partial charge in [-0.25, -0.2) is 15.0 Å². The van der Waals surface area contributed by atoms with Crippen molar-refractivity contribution in [1.29, 1.82) is 0 Å². The fraction of sp³-hybridized carbons (Fsp3) is 0.312. The second kappa shape index (κ2) is 4.40. The van der Waals surface area contributed by atoms with Crippen LogP contribution in [0.5, 0.6) is 0 Å². The molecular weight excluding hydrogens is 248 g/mol. The molecule has 0 bridgehead atoms. The summed E-state index contributed by atoms with van der Waals surface area (Å²) in [5.41, 5.74) is 3.27. The van der Waals surface area contributed by atoms with E-state index in [2.05, 4.69) is 39.8 Å². The molecule has 4 heteroatoms. The van der Waals surface area contributed by atoms with Crippen molar-refractivity contribution in [2.75, 3.05) is 0 Å². The molecule has 0 aliphatic heterocycles. The van der Waals surface area contributed by atoms with Gasteiger partial charge in [-0.05, 0) is 37.1 Å². The molecule has 2 heterocycles. The van der Waals surface area contributed by atoms with Crippen LogP contribution in [0.4, 0.5) is 0 Å². The largest absolute Gasteiger partial charge is 0.331 e. The normalized spacial score (nSPS) is 15.4. The third-order valence-electron chi connectivity index (χ3n) is 4.21. The lowest BCUT2D eigenvalue weighted by Crippen LogP contribution is -2.13. The van der Waals surface area contributed by atoms with E-state index in [-0.39, 0.29) is 0 Å². The summed E-state index contributed by atoms with van der Waals surface area (Å²) in [6.45, 7) is 0. The highest BCUT2D eigenvalue weighted by Crippen LogP contribution is 2.37. The average Bonchev–Trinajstić information content (AvgIpc) is 2.75. The van der Waals surface area contributed by atoms with Gasteiger partial charge in [-0.1, -0.05) is 6.42 Å². The topological polar surface area (TPSA) is 43.6 Å². The number of aryl methyl sites for hydroxylation is 1. The third-order valence-corrected chi connectivity index (χ3v) is 4.21. The Morgan fingerprint density at radius 2 is 1.95 bits per heavy atom. The molecule has 0 N–H and O–H groups in total. The molecule has 4 rings (SSSR count). The molecule has 0 saturated heterocycles. The van der Waals surface area contributed by atoms with Gasteiger partial charge in [-0.15, -0.1) is 0 Å². The van der Waals surface area contributed by atoms with Crippen molar-refractivity contribution < 1.29 is 0 Å².